The van der Waals surface area contributed by atoms with E-state index in [2.05, 4.69) is 15.6 Å². The standard InChI is InChI=1S/C16H19N5O2/c1-11(20-16(18)22)23-10-12-3-2-4-13(9-12)15(17)21-14-5-7-19-8-6-14/h2-9,11H,10H2,1H3,(H2,17,19,21)(H3,18,20,22). The van der Waals surface area contributed by atoms with E-state index in [0.29, 0.717) is 6.61 Å². The number of aromatic nitrogens is 1. The van der Waals surface area contributed by atoms with Crippen molar-refractivity contribution >= 4 is 17.6 Å². The fourth-order valence-electron chi connectivity index (χ4n) is 1.93. The third-order valence-corrected chi connectivity index (χ3v) is 3.01. The van der Waals surface area contributed by atoms with Crippen molar-refractivity contribution < 1.29 is 9.53 Å². The highest BCUT2D eigenvalue weighted by molar-refractivity contribution is 6.06. The van der Waals surface area contributed by atoms with Gasteiger partial charge in [0.05, 0.1) is 6.61 Å². The van der Waals surface area contributed by atoms with Crippen LogP contribution in [0.2, 0.25) is 0 Å². The van der Waals surface area contributed by atoms with Crippen LogP contribution in [0.4, 0.5) is 10.5 Å². The number of carbonyl (C=O) groups is 1. The van der Waals surface area contributed by atoms with Gasteiger partial charge < -0.3 is 21.1 Å². The first-order valence-electron chi connectivity index (χ1n) is 7.07. The summed E-state index contributed by atoms with van der Waals surface area (Å²) >= 11 is 0. The second-order valence-corrected chi connectivity index (χ2v) is 4.90. The maximum absolute atomic E-state index is 10.7. The Morgan fingerprint density at radius 1 is 1.35 bits per heavy atom. The van der Waals surface area contributed by atoms with Gasteiger partial charge in [-0.25, -0.2) is 4.79 Å². The van der Waals surface area contributed by atoms with Gasteiger partial charge in [0.2, 0.25) is 0 Å². The number of amidine groups is 1. The zero-order valence-electron chi connectivity index (χ0n) is 12.7. The Kier molecular flexibility index (Phi) is 5.65. The number of primary amides is 1. The summed E-state index contributed by atoms with van der Waals surface area (Å²) in [4.78, 5) is 14.7. The van der Waals surface area contributed by atoms with Crippen molar-refractivity contribution in [2.45, 2.75) is 19.8 Å². The van der Waals surface area contributed by atoms with E-state index in [1.165, 1.54) is 0 Å². The lowest BCUT2D eigenvalue weighted by Crippen LogP contribution is -2.38. The largest absolute Gasteiger partial charge is 0.354 e. The lowest BCUT2D eigenvalue weighted by molar-refractivity contribution is 0.0386. The average Bonchev–Trinajstić information content (AvgIpc) is 2.53. The molecule has 1 heterocycles. The van der Waals surface area contributed by atoms with Crippen molar-refractivity contribution in [3.63, 3.8) is 0 Å². The van der Waals surface area contributed by atoms with Crippen molar-refractivity contribution in [1.82, 2.24) is 10.3 Å². The van der Waals surface area contributed by atoms with E-state index < -0.39 is 12.3 Å². The summed E-state index contributed by atoms with van der Waals surface area (Å²) in [7, 11) is 0. The minimum absolute atomic E-state index is 0.279. The smallest absolute Gasteiger partial charge is 0.314 e. The number of ether oxygens (including phenoxy) is 1. The monoisotopic (exact) mass is 313 g/mol. The van der Waals surface area contributed by atoms with Gasteiger partial charge in [0, 0.05) is 23.6 Å². The highest BCUT2D eigenvalue weighted by Gasteiger charge is 2.06. The number of benzene rings is 1. The second-order valence-electron chi connectivity index (χ2n) is 4.90. The molecule has 0 aliphatic carbocycles. The number of urea groups is 1. The molecule has 2 rings (SSSR count). The highest BCUT2D eigenvalue weighted by Crippen LogP contribution is 2.11. The van der Waals surface area contributed by atoms with Crippen LogP contribution in [0.3, 0.4) is 0 Å². The van der Waals surface area contributed by atoms with Crippen LogP contribution in [0.5, 0.6) is 0 Å². The van der Waals surface area contributed by atoms with Crippen molar-refractivity contribution in [3.05, 3.63) is 59.9 Å². The topological polar surface area (TPSA) is 113 Å². The van der Waals surface area contributed by atoms with Gasteiger partial charge in [0.1, 0.15) is 12.1 Å². The predicted octanol–water partition coefficient (Wildman–Crippen LogP) is 2.05. The van der Waals surface area contributed by atoms with Gasteiger partial charge in [-0.2, -0.15) is 0 Å². The first-order valence-corrected chi connectivity index (χ1v) is 7.07. The lowest BCUT2D eigenvalue weighted by atomic mass is 10.1. The molecule has 0 spiro atoms. The molecule has 0 aliphatic heterocycles. The van der Waals surface area contributed by atoms with Crippen LogP contribution in [0.25, 0.3) is 0 Å². The van der Waals surface area contributed by atoms with E-state index >= 15 is 0 Å². The summed E-state index contributed by atoms with van der Waals surface area (Å²) in [5.41, 5.74) is 7.45. The van der Waals surface area contributed by atoms with Gasteiger partial charge in [-0.15, -0.1) is 0 Å². The zero-order chi connectivity index (χ0) is 16.7. The Balaban J connectivity index is 1.96. The third kappa shape index (κ3) is 5.40. The molecule has 2 amide bonds. The number of hydrogen-bond donors (Lipinski definition) is 4. The maximum atomic E-state index is 10.7. The van der Waals surface area contributed by atoms with Gasteiger partial charge >= 0.3 is 6.03 Å². The summed E-state index contributed by atoms with van der Waals surface area (Å²) in [6.07, 6.45) is 2.84. The molecule has 7 nitrogen and oxygen atoms in total. The molecule has 0 saturated carbocycles. The molecule has 7 heteroatoms. The molecule has 5 N–H and O–H groups in total. The zero-order valence-corrected chi connectivity index (χ0v) is 12.7. The first kappa shape index (κ1) is 16.4. The molecule has 0 bridgehead atoms. The SMILES string of the molecule is CC(NC(N)=O)OCc1cccc(C(=N)Nc2ccncc2)c1. The third-order valence-electron chi connectivity index (χ3n) is 3.01. The lowest BCUT2D eigenvalue weighted by Gasteiger charge is -2.14. The van der Waals surface area contributed by atoms with Crippen LogP contribution in [0, 0.1) is 5.41 Å². The quantitative estimate of drug-likeness (QED) is 0.371. The summed E-state index contributed by atoms with van der Waals surface area (Å²) in [6.45, 7) is 2.00. The number of hydrogen-bond acceptors (Lipinski definition) is 4. The van der Waals surface area contributed by atoms with E-state index in [-0.39, 0.29) is 5.84 Å². The van der Waals surface area contributed by atoms with Crippen LogP contribution in [0.1, 0.15) is 18.1 Å². The van der Waals surface area contributed by atoms with E-state index in [0.717, 1.165) is 16.8 Å². The predicted molar refractivity (Wildman–Crippen MR) is 88.1 cm³/mol. The van der Waals surface area contributed by atoms with Crippen molar-refractivity contribution in [1.29, 1.82) is 5.41 Å². The van der Waals surface area contributed by atoms with Crippen molar-refractivity contribution in [3.8, 4) is 0 Å². The van der Waals surface area contributed by atoms with Crippen LogP contribution in [0.15, 0.2) is 48.8 Å². The van der Waals surface area contributed by atoms with Crippen LogP contribution in [-0.4, -0.2) is 23.1 Å². The normalized spacial score (nSPS) is 11.5. The Morgan fingerprint density at radius 2 is 2.09 bits per heavy atom. The number of nitrogens with one attached hydrogen (secondary N) is 3. The molecule has 0 radical (unpaired) electrons. The number of carbonyl (C=O) groups excluding carboxylic acids is 1. The fourth-order valence-corrected chi connectivity index (χ4v) is 1.93. The van der Waals surface area contributed by atoms with Gasteiger partial charge in [-0.05, 0) is 30.7 Å². The molecule has 0 aliphatic rings. The number of amides is 2. The molecule has 1 unspecified atom stereocenters. The summed E-state index contributed by atoms with van der Waals surface area (Å²) in [5, 5.41) is 13.6. The number of pyridine rings is 1. The van der Waals surface area contributed by atoms with Crippen LogP contribution < -0.4 is 16.4 Å². The molecule has 1 atom stereocenters. The highest BCUT2D eigenvalue weighted by atomic mass is 16.5. The average molecular weight is 313 g/mol. The van der Waals surface area contributed by atoms with Gasteiger partial charge in [0.15, 0.2) is 0 Å². The molecular formula is C16H19N5O2. The molecular weight excluding hydrogens is 294 g/mol. The van der Waals surface area contributed by atoms with E-state index in [1.54, 1.807) is 31.5 Å². The minimum atomic E-state index is -0.630. The number of nitrogens with zero attached hydrogens (tertiary/aromatic N) is 1. The Bertz CT molecular complexity index is 675. The van der Waals surface area contributed by atoms with E-state index in [1.807, 2.05) is 24.3 Å². The fraction of sp³-hybridized carbons (Fsp3) is 0.188. The van der Waals surface area contributed by atoms with Gasteiger partial charge in [0.25, 0.3) is 0 Å². The van der Waals surface area contributed by atoms with Crippen molar-refractivity contribution in [2.24, 2.45) is 5.73 Å². The van der Waals surface area contributed by atoms with E-state index in [9.17, 15) is 4.79 Å². The Hall–Kier alpha value is -2.93. The molecule has 0 fully saturated rings. The molecule has 1 aromatic heterocycles. The van der Waals surface area contributed by atoms with Gasteiger partial charge in [-0.3, -0.25) is 10.4 Å². The molecule has 23 heavy (non-hydrogen) atoms. The Labute approximate surface area is 134 Å². The summed E-state index contributed by atoms with van der Waals surface area (Å²) in [6, 6.07) is 10.4. The number of anilines is 1. The van der Waals surface area contributed by atoms with Gasteiger partial charge in [-0.1, -0.05) is 18.2 Å². The van der Waals surface area contributed by atoms with Crippen LogP contribution >= 0.6 is 0 Å². The second kappa shape index (κ2) is 7.90. The minimum Gasteiger partial charge on any atom is -0.354 e. The number of nitrogens with two attached hydrogens (primary N) is 1. The molecule has 0 saturated heterocycles. The Morgan fingerprint density at radius 3 is 2.78 bits per heavy atom. The molecule has 120 valence electrons. The number of rotatable bonds is 6. The van der Waals surface area contributed by atoms with Crippen LogP contribution in [-0.2, 0) is 11.3 Å². The summed E-state index contributed by atoms with van der Waals surface area (Å²) in [5.74, 6) is 0.279. The summed E-state index contributed by atoms with van der Waals surface area (Å²) < 4.78 is 5.48. The maximum Gasteiger partial charge on any atom is 0.314 e. The molecule has 2 aromatic rings. The van der Waals surface area contributed by atoms with E-state index in [4.69, 9.17) is 15.9 Å². The molecule has 1 aromatic carbocycles. The first-order chi connectivity index (χ1) is 11.0. The van der Waals surface area contributed by atoms with Crippen molar-refractivity contribution in [2.75, 3.05) is 5.32 Å².